The lowest BCUT2D eigenvalue weighted by Crippen LogP contribution is -2.40. The van der Waals surface area contributed by atoms with Crippen LogP contribution in [0, 0.1) is 6.92 Å². The van der Waals surface area contributed by atoms with E-state index in [0.29, 0.717) is 11.1 Å². The van der Waals surface area contributed by atoms with Gasteiger partial charge in [-0.15, -0.1) is 0 Å². The fraction of sp³-hybridized carbons (Fsp3) is 0.360. The van der Waals surface area contributed by atoms with Gasteiger partial charge in [0.2, 0.25) is 0 Å². The number of furan rings is 1. The van der Waals surface area contributed by atoms with Crippen LogP contribution in [0.5, 0.6) is 0 Å². The Morgan fingerprint density at radius 1 is 1.10 bits per heavy atom. The van der Waals surface area contributed by atoms with E-state index in [9.17, 15) is 0 Å². The minimum atomic E-state index is -0.0462. The van der Waals surface area contributed by atoms with Crippen molar-refractivity contribution in [1.82, 2.24) is 15.2 Å². The summed E-state index contributed by atoms with van der Waals surface area (Å²) in [6.45, 7) is 2.07. The van der Waals surface area contributed by atoms with Gasteiger partial charge in [-0.05, 0) is 73.9 Å². The van der Waals surface area contributed by atoms with Crippen LogP contribution in [0.25, 0.3) is 11.3 Å². The smallest absolute Gasteiger partial charge is 0.170 e. The summed E-state index contributed by atoms with van der Waals surface area (Å²) in [5.41, 5.74) is 3.13. The highest BCUT2D eigenvalue weighted by atomic mass is 35.5. The van der Waals surface area contributed by atoms with E-state index in [-0.39, 0.29) is 12.1 Å². The van der Waals surface area contributed by atoms with Gasteiger partial charge in [0.25, 0.3) is 0 Å². The van der Waals surface area contributed by atoms with Crippen LogP contribution >= 0.6 is 23.8 Å². The maximum atomic E-state index is 6.48. The summed E-state index contributed by atoms with van der Waals surface area (Å²) < 4.78 is 6.48. The third kappa shape index (κ3) is 3.97. The average Bonchev–Trinajstić information content (AvgIpc) is 3.41. The molecule has 3 heterocycles. The Kier molecular flexibility index (Phi) is 5.72. The van der Waals surface area contributed by atoms with Crippen LogP contribution in [0.2, 0.25) is 5.02 Å². The molecular formula is C25H26ClN3OS. The predicted molar refractivity (Wildman–Crippen MR) is 128 cm³/mol. The van der Waals surface area contributed by atoms with E-state index in [4.69, 9.17) is 28.2 Å². The number of halogens is 1. The van der Waals surface area contributed by atoms with Crippen molar-refractivity contribution < 1.29 is 4.42 Å². The molecule has 1 saturated carbocycles. The number of hydrogen-bond acceptors (Lipinski definition) is 3. The molecule has 1 saturated heterocycles. The zero-order chi connectivity index (χ0) is 21.4. The second kappa shape index (κ2) is 8.64. The summed E-state index contributed by atoms with van der Waals surface area (Å²) in [4.78, 5) is 7.01. The number of hydrogen-bond donors (Lipinski definition) is 1. The second-order valence-corrected chi connectivity index (χ2v) is 9.31. The van der Waals surface area contributed by atoms with E-state index in [2.05, 4.69) is 34.3 Å². The van der Waals surface area contributed by atoms with Crippen molar-refractivity contribution in [2.24, 2.45) is 0 Å². The van der Waals surface area contributed by atoms with Crippen molar-refractivity contribution >= 4 is 28.9 Å². The van der Waals surface area contributed by atoms with Gasteiger partial charge in [0.05, 0.1) is 11.7 Å². The Morgan fingerprint density at radius 2 is 1.94 bits per heavy atom. The fourth-order valence-electron chi connectivity index (χ4n) is 4.94. The molecule has 6 heteroatoms. The third-order valence-corrected chi connectivity index (χ3v) is 7.05. The maximum absolute atomic E-state index is 6.48. The summed E-state index contributed by atoms with van der Waals surface area (Å²) in [6.07, 6.45) is 7.95. The highest BCUT2D eigenvalue weighted by Gasteiger charge is 2.44. The molecular weight excluding hydrogens is 426 g/mol. The quantitative estimate of drug-likeness (QED) is 0.452. The summed E-state index contributed by atoms with van der Waals surface area (Å²) in [5.74, 6) is 1.74. The Hall–Kier alpha value is -2.37. The molecule has 4 nitrogen and oxygen atoms in total. The third-order valence-electron chi connectivity index (χ3n) is 6.49. The van der Waals surface area contributed by atoms with Gasteiger partial charge in [-0.1, -0.05) is 43.0 Å². The summed E-state index contributed by atoms with van der Waals surface area (Å²) in [5, 5.41) is 5.05. The molecule has 31 heavy (non-hydrogen) atoms. The topological polar surface area (TPSA) is 41.3 Å². The van der Waals surface area contributed by atoms with Crippen LogP contribution in [0.3, 0.4) is 0 Å². The van der Waals surface area contributed by atoms with Crippen molar-refractivity contribution in [1.29, 1.82) is 0 Å². The van der Waals surface area contributed by atoms with Gasteiger partial charge < -0.3 is 14.6 Å². The van der Waals surface area contributed by atoms with E-state index in [1.807, 2.05) is 42.6 Å². The molecule has 2 atom stereocenters. The number of benzene rings is 1. The molecule has 2 aliphatic rings. The van der Waals surface area contributed by atoms with E-state index >= 15 is 0 Å². The van der Waals surface area contributed by atoms with Gasteiger partial charge >= 0.3 is 0 Å². The Morgan fingerprint density at radius 3 is 2.71 bits per heavy atom. The number of aryl methyl sites for hydroxylation is 1. The van der Waals surface area contributed by atoms with Gasteiger partial charge in [-0.2, -0.15) is 0 Å². The van der Waals surface area contributed by atoms with Gasteiger partial charge in [-0.25, -0.2) is 0 Å². The Bertz CT molecular complexity index is 1080. The summed E-state index contributed by atoms with van der Waals surface area (Å²) >= 11 is 12.1. The van der Waals surface area contributed by atoms with Crippen LogP contribution in [0.1, 0.15) is 61.2 Å². The van der Waals surface area contributed by atoms with Gasteiger partial charge in [-0.3, -0.25) is 4.98 Å². The second-order valence-electron chi connectivity index (χ2n) is 8.49. The highest BCUT2D eigenvalue weighted by Crippen LogP contribution is 2.44. The van der Waals surface area contributed by atoms with Crippen LogP contribution < -0.4 is 5.32 Å². The first-order chi connectivity index (χ1) is 15.1. The molecule has 5 rings (SSSR count). The number of thiocarbonyl (C=S) groups is 1. The van der Waals surface area contributed by atoms with Crippen LogP contribution in [-0.4, -0.2) is 21.0 Å². The highest BCUT2D eigenvalue weighted by molar-refractivity contribution is 7.80. The van der Waals surface area contributed by atoms with Crippen molar-refractivity contribution in [3.8, 4) is 11.3 Å². The molecule has 2 fully saturated rings. The lowest BCUT2D eigenvalue weighted by atomic mass is 9.92. The van der Waals surface area contributed by atoms with E-state index in [1.165, 1.54) is 19.3 Å². The summed E-state index contributed by atoms with van der Waals surface area (Å²) in [6, 6.07) is 16.4. The number of nitrogens with zero attached hydrogens (tertiary/aromatic N) is 2. The summed E-state index contributed by atoms with van der Waals surface area (Å²) in [7, 11) is 0. The molecule has 2 aromatic heterocycles. The number of nitrogens with one attached hydrogen (secondary N) is 1. The Balaban J connectivity index is 1.56. The van der Waals surface area contributed by atoms with Crippen LogP contribution in [-0.2, 0) is 0 Å². The SMILES string of the molecule is Cc1ccc(Cl)cc1-c1ccc([C@@H]2[C@H](c3ccccn3)NC(=S)N2C2CCCCC2)o1. The molecule has 0 radical (unpaired) electrons. The molecule has 0 spiro atoms. The van der Waals surface area contributed by atoms with Crippen molar-refractivity contribution in [2.75, 3.05) is 0 Å². The van der Waals surface area contributed by atoms with Gasteiger partial charge in [0.1, 0.15) is 17.6 Å². The predicted octanol–water partition coefficient (Wildman–Crippen LogP) is 6.61. The monoisotopic (exact) mass is 451 g/mol. The first kappa shape index (κ1) is 20.5. The van der Waals surface area contributed by atoms with E-state index < -0.39 is 0 Å². The minimum Gasteiger partial charge on any atom is -0.459 e. The molecule has 1 aliphatic carbocycles. The first-order valence-electron chi connectivity index (χ1n) is 11.0. The van der Waals surface area contributed by atoms with Gasteiger partial charge in [0.15, 0.2) is 5.11 Å². The molecule has 1 N–H and O–H groups in total. The number of pyridine rings is 1. The molecule has 0 bridgehead atoms. The molecule has 160 valence electrons. The Labute approximate surface area is 193 Å². The average molecular weight is 452 g/mol. The number of aromatic nitrogens is 1. The maximum Gasteiger partial charge on any atom is 0.170 e. The first-order valence-corrected chi connectivity index (χ1v) is 11.8. The number of rotatable bonds is 4. The zero-order valence-corrected chi connectivity index (χ0v) is 19.1. The molecule has 1 aromatic carbocycles. The van der Waals surface area contributed by atoms with Gasteiger partial charge in [0, 0.05) is 22.8 Å². The standard InChI is InChI=1S/C25H26ClN3OS/c1-16-10-11-17(26)15-19(16)21-12-13-22(30-21)24-23(20-9-5-6-14-27-20)28-25(31)29(24)18-7-3-2-4-8-18/h5-6,9-15,18,23-24H,2-4,7-8H2,1H3,(H,28,31)/t23-,24+/m0/s1. The molecule has 0 unspecified atom stereocenters. The van der Waals surface area contributed by atoms with Crippen molar-refractivity contribution in [3.05, 3.63) is 76.8 Å². The van der Waals surface area contributed by atoms with E-state index in [1.54, 1.807) is 0 Å². The largest absolute Gasteiger partial charge is 0.459 e. The molecule has 3 aromatic rings. The normalized spacial score (nSPS) is 22.0. The van der Waals surface area contributed by atoms with Crippen molar-refractivity contribution in [2.45, 2.75) is 57.2 Å². The van der Waals surface area contributed by atoms with E-state index in [0.717, 1.165) is 46.3 Å². The molecule has 1 aliphatic heterocycles. The fourth-order valence-corrected chi connectivity index (χ4v) is 5.50. The van der Waals surface area contributed by atoms with Crippen LogP contribution in [0.15, 0.2) is 59.1 Å². The molecule has 0 amide bonds. The lowest BCUT2D eigenvalue weighted by molar-refractivity contribution is 0.179. The van der Waals surface area contributed by atoms with Crippen molar-refractivity contribution in [3.63, 3.8) is 0 Å². The van der Waals surface area contributed by atoms with Crippen LogP contribution in [0.4, 0.5) is 0 Å². The zero-order valence-electron chi connectivity index (χ0n) is 17.6. The minimum absolute atomic E-state index is 0.0289. The lowest BCUT2D eigenvalue weighted by Gasteiger charge is -2.36.